The van der Waals surface area contributed by atoms with Gasteiger partial charge in [-0.2, -0.15) is 0 Å². The molecule has 1 aromatic rings. The lowest BCUT2D eigenvalue weighted by Gasteiger charge is -2.14. The smallest absolute Gasteiger partial charge is 0.252 e. The SMILES string of the molecule is CCCCCC(C)NC(=O)c1cccc(C)c1Br. The number of hydrogen-bond acceptors (Lipinski definition) is 1. The quantitative estimate of drug-likeness (QED) is 0.772. The van der Waals surface area contributed by atoms with Gasteiger partial charge in [0.15, 0.2) is 0 Å². The van der Waals surface area contributed by atoms with E-state index in [1.54, 1.807) is 0 Å². The minimum Gasteiger partial charge on any atom is -0.350 e. The highest BCUT2D eigenvalue weighted by Crippen LogP contribution is 2.21. The molecule has 0 aromatic heterocycles. The average Bonchev–Trinajstić information content (AvgIpc) is 2.32. The van der Waals surface area contributed by atoms with Gasteiger partial charge in [-0.15, -0.1) is 0 Å². The Kier molecular flexibility index (Phi) is 6.41. The van der Waals surface area contributed by atoms with Crippen molar-refractivity contribution in [2.75, 3.05) is 0 Å². The Morgan fingerprint density at radius 2 is 2.11 bits per heavy atom. The summed E-state index contributed by atoms with van der Waals surface area (Å²) in [5.41, 5.74) is 1.80. The number of benzene rings is 1. The second-order valence-electron chi connectivity index (χ2n) is 4.81. The predicted molar refractivity (Wildman–Crippen MR) is 79.9 cm³/mol. The minimum absolute atomic E-state index is 0.00886. The van der Waals surface area contributed by atoms with Crippen molar-refractivity contribution in [1.82, 2.24) is 5.32 Å². The van der Waals surface area contributed by atoms with Crippen molar-refractivity contribution in [3.05, 3.63) is 33.8 Å². The van der Waals surface area contributed by atoms with Crippen LogP contribution < -0.4 is 5.32 Å². The van der Waals surface area contributed by atoms with E-state index >= 15 is 0 Å². The van der Waals surface area contributed by atoms with Crippen molar-refractivity contribution < 1.29 is 4.79 Å². The zero-order valence-electron chi connectivity index (χ0n) is 11.4. The maximum absolute atomic E-state index is 12.1. The fraction of sp³-hybridized carbons (Fsp3) is 0.533. The van der Waals surface area contributed by atoms with Crippen LogP contribution in [0.5, 0.6) is 0 Å². The number of carbonyl (C=O) groups is 1. The molecule has 1 N–H and O–H groups in total. The summed E-state index contributed by atoms with van der Waals surface area (Å²) in [6.07, 6.45) is 4.66. The highest BCUT2D eigenvalue weighted by atomic mass is 79.9. The molecule has 0 bridgehead atoms. The van der Waals surface area contributed by atoms with Gasteiger partial charge in [-0.25, -0.2) is 0 Å². The van der Waals surface area contributed by atoms with E-state index in [0.717, 1.165) is 22.0 Å². The first kappa shape index (κ1) is 15.2. The lowest BCUT2D eigenvalue weighted by Crippen LogP contribution is -2.32. The van der Waals surface area contributed by atoms with E-state index in [1.807, 2.05) is 25.1 Å². The number of halogens is 1. The molecule has 0 fully saturated rings. The third-order valence-electron chi connectivity index (χ3n) is 3.05. The Balaban J connectivity index is 2.57. The molecule has 3 heteroatoms. The molecule has 1 amide bonds. The van der Waals surface area contributed by atoms with Crippen molar-refractivity contribution in [2.24, 2.45) is 0 Å². The predicted octanol–water partition coefficient (Wildman–Crippen LogP) is 4.46. The molecule has 18 heavy (non-hydrogen) atoms. The van der Waals surface area contributed by atoms with Crippen LogP contribution in [0, 0.1) is 6.92 Å². The largest absolute Gasteiger partial charge is 0.350 e. The second kappa shape index (κ2) is 7.57. The molecule has 1 atom stereocenters. The lowest BCUT2D eigenvalue weighted by atomic mass is 10.1. The Labute approximate surface area is 118 Å². The number of hydrogen-bond donors (Lipinski definition) is 1. The fourth-order valence-electron chi connectivity index (χ4n) is 1.90. The van der Waals surface area contributed by atoms with E-state index in [1.165, 1.54) is 19.3 Å². The molecule has 100 valence electrons. The highest BCUT2D eigenvalue weighted by molar-refractivity contribution is 9.10. The van der Waals surface area contributed by atoms with Crippen LogP contribution in [-0.4, -0.2) is 11.9 Å². The van der Waals surface area contributed by atoms with Gasteiger partial charge in [0.2, 0.25) is 0 Å². The third-order valence-corrected chi connectivity index (χ3v) is 4.11. The number of carbonyl (C=O) groups excluding carboxylic acids is 1. The number of unbranched alkanes of at least 4 members (excludes halogenated alkanes) is 2. The molecule has 1 rings (SSSR count). The third kappa shape index (κ3) is 4.45. The van der Waals surface area contributed by atoms with Crippen molar-refractivity contribution in [2.45, 2.75) is 52.5 Å². The molecule has 1 aromatic carbocycles. The first-order valence-corrected chi connectivity index (χ1v) is 7.41. The maximum Gasteiger partial charge on any atom is 0.252 e. The average molecular weight is 312 g/mol. The van der Waals surface area contributed by atoms with Crippen molar-refractivity contribution in [3.63, 3.8) is 0 Å². The van der Waals surface area contributed by atoms with Gasteiger partial charge in [0, 0.05) is 10.5 Å². The van der Waals surface area contributed by atoms with Crippen molar-refractivity contribution in [1.29, 1.82) is 0 Å². The van der Waals surface area contributed by atoms with Crippen LogP contribution >= 0.6 is 15.9 Å². The summed E-state index contributed by atoms with van der Waals surface area (Å²) in [5.74, 6) is 0.00886. The summed E-state index contributed by atoms with van der Waals surface area (Å²) in [6.45, 7) is 6.25. The number of nitrogens with one attached hydrogen (secondary N) is 1. The first-order valence-electron chi connectivity index (χ1n) is 6.62. The summed E-state index contributed by atoms with van der Waals surface area (Å²) < 4.78 is 0.892. The Morgan fingerprint density at radius 1 is 1.39 bits per heavy atom. The van der Waals surface area contributed by atoms with Gasteiger partial charge in [-0.05, 0) is 47.8 Å². The van der Waals surface area contributed by atoms with Gasteiger partial charge < -0.3 is 5.32 Å². The molecule has 0 saturated carbocycles. The van der Waals surface area contributed by atoms with Crippen LogP contribution in [0.1, 0.15) is 55.5 Å². The Hall–Kier alpha value is -0.830. The van der Waals surface area contributed by atoms with E-state index in [0.29, 0.717) is 0 Å². The molecule has 0 saturated heterocycles. The molecular weight excluding hydrogens is 290 g/mol. The van der Waals surface area contributed by atoms with Crippen molar-refractivity contribution in [3.8, 4) is 0 Å². The monoisotopic (exact) mass is 311 g/mol. The summed E-state index contributed by atoms with van der Waals surface area (Å²) >= 11 is 3.47. The second-order valence-corrected chi connectivity index (χ2v) is 5.60. The van der Waals surface area contributed by atoms with E-state index < -0.39 is 0 Å². The zero-order chi connectivity index (χ0) is 13.5. The summed E-state index contributed by atoms with van der Waals surface area (Å²) in [5, 5.41) is 3.05. The normalized spacial score (nSPS) is 12.2. The minimum atomic E-state index is 0.00886. The summed E-state index contributed by atoms with van der Waals surface area (Å²) in [4.78, 5) is 12.1. The molecular formula is C15H22BrNO. The summed E-state index contributed by atoms with van der Waals surface area (Å²) in [6, 6.07) is 5.99. The number of rotatable bonds is 6. The van der Waals surface area contributed by atoms with Gasteiger partial charge in [-0.1, -0.05) is 38.3 Å². The topological polar surface area (TPSA) is 29.1 Å². The van der Waals surface area contributed by atoms with Crippen LogP contribution in [0.2, 0.25) is 0 Å². The first-order chi connectivity index (χ1) is 8.56. The molecule has 0 heterocycles. The van der Waals surface area contributed by atoms with Crippen molar-refractivity contribution >= 4 is 21.8 Å². The van der Waals surface area contributed by atoms with Gasteiger partial charge in [0.25, 0.3) is 5.91 Å². The Morgan fingerprint density at radius 3 is 2.78 bits per heavy atom. The number of aryl methyl sites for hydroxylation is 1. The van der Waals surface area contributed by atoms with Crippen LogP contribution in [0.3, 0.4) is 0 Å². The molecule has 0 radical (unpaired) electrons. The van der Waals surface area contributed by atoms with Gasteiger partial charge in [0.1, 0.15) is 0 Å². The van der Waals surface area contributed by atoms with Crippen LogP contribution in [-0.2, 0) is 0 Å². The van der Waals surface area contributed by atoms with Crippen LogP contribution in [0.25, 0.3) is 0 Å². The molecule has 0 aliphatic rings. The molecule has 1 unspecified atom stereocenters. The highest BCUT2D eigenvalue weighted by Gasteiger charge is 2.13. The fourth-order valence-corrected chi connectivity index (χ4v) is 2.34. The zero-order valence-corrected chi connectivity index (χ0v) is 13.0. The molecule has 0 spiro atoms. The molecule has 2 nitrogen and oxygen atoms in total. The van der Waals surface area contributed by atoms with Gasteiger partial charge >= 0.3 is 0 Å². The van der Waals surface area contributed by atoms with E-state index in [4.69, 9.17) is 0 Å². The maximum atomic E-state index is 12.1. The van der Waals surface area contributed by atoms with E-state index in [9.17, 15) is 4.79 Å². The van der Waals surface area contributed by atoms with E-state index in [-0.39, 0.29) is 11.9 Å². The van der Waals surface area contributed by atoms with E-state index in [2.05, 4.69) is 35.1 Å². The lowest BCUT2D eigenvalue weighted by molar-refractivity contribution is 0.0937. The Bertz CT molecular complexity index is 403. The summed E-state index contributed by atoms with van der Waals surface area (Å²) in [7, 11) is 0. The van der Waals surface area contributed by atoms with Crippen LogP contribution in [0.4, 0.5) is 0 Å². The standard InChI is InChI=1S/C15H22BrNO/c1-4-5-6-9-12(3)17-15(18)13-10-7-8-11(2)14(13)16/h7-8,10,12H,4-6,9H2,1-3H3,(H,17,18). The molecule has 0 aliphatic carbocycles. The molecule has 0 aliphatic heterocycles. The van der Waals surface area contributed by atoms with Crippen LogP contribution in [0.15, 0.2) is 22.7 Å². The number of amides is 1. The van der Waals surface area contributed by atoms with Gasteiger partial charge in [-0.3, -0.25) is 4.79 Å². The van der Waals surface area contributed by atoms with Gasteiger partial charge in [0.05, 0.1) is 5.56 Å².